The minimum absolute atomic E-state index is 0.0414. The van der Waals surface area contributed by atoms with Gasteiger partial charge in [-0.2, -0.15) is 0 Å². The molecule has 2 aromatic rings. The highest BCUT2D eigenvalue weighted by molar-refractivity contribution is 7.90. The molecular weight excluding hydrogens is 302 g/mol. The van der Waals surface area contributed by atoms with Gasteiger partial charge < -0.3 is 0 Å². The fourth-order valence-corrected chi connectivity index (χ4v) is 2.69. The second-order valence-corrected chi connectivity index (χ2v) is 6.61. The van der Waals surface area contributed by atoms with Gasteiger partial charge in [0.1, 0.15) is 5.02 Å². The standard InChI is InChI=1S/C13H10ClNO4S/c1-20(18,19)10-7-5-9(6-8-10)11-3-2-4-12(14)13(11)15(16)17/h2-8H,1H3. The molecular formula is C13H10ClNO4S. The van der Waals surface area contributed by atoms with Crippen LogP contribution >= 0.6 is 11.6 Å². The van der Waals surface area contributed by atoms with Crippen LogP contribution in [-0.2, 0) is 9.84 Å². The molecule has 0 aliphatic carbocycles. The van der Waals surface area contributed by atoms with E-state index in [0.717, 1.165) is 6.26 Å². The van der Waals surface area contributed by atoms with E-state index in [4.69, 9.17) is 11.6 Å². The molecule has 0 atom stereocenters. The lowest BCUT2D eigenvalue weighted by atomic mass is 10.0. The van der Waals surface area contributed by atoms with Gasteiger partial charge in [0.2, 0.25) is 0 Å². The molecule has 0 saturated carbocycles. The Balaban J connectivity index is 2.58. The molecule has 0 radical (unpaired) electrons. The van der Waals surface area contributed by atoms with Crippen LogP contribution < -0.4 is 0 Å². The molecule has 2 aromatic carbocycles. The number of nitrogens with zero attached hydrogens (tertiary/aromatic N) is 1. The number of hydrogen-bond acceptors (Lipinski definition) is 4. The van der Waals surface area contributed by atoms with Gasteiger partial charge in [0, 0.05) is 6.26 Å². The summed E-state index contributed by atoms with van der Waals surface area (Å²) in [4.78, 5) is 10.7. The average Bonchev–Trinajstić information content (AvgIpc) is 2.37. The molecule has 0 amide bonds. The van der Waals surface area contributed by atoms with Crippen molar-refractivity contribution in [1.82, 2.24) is 0 Å². The largest absolute Gasteiger partial charge is 0.295 e. The molecule has 0 heterocycles. The predicted octanol–water partition coefficient (Wildman–Crippen LogP) is 3.32. The topological polar surface area (TPSA) is 77.3 Å². The Hall–Kier alpha value is -1.92. The third kappa shape index (κ3) is 2.81. The van der Waals surface area contributed by atoms with Crippen LogP contribution in [0.3, 0.4) is 0 Å². The quantitative estimate of drug-likeness (QED) is 0.643. The molecule has 0 aliphatic heterocycles. The van der Waals surface area contributed by atoms with Crippen molar-refractivity contribution >= 4 is 27.1 Å². The van der Waals surface area contributed by atoms with Crippen molar-refractivity contribution in [2.75, 3.05) is 6.26 Å². The molecule has 0 unspecified atom stereocenters. The Morgan fingerprint density at radius 2 is 1.70 bits per heavy atom. The maximum atomic E-state index is 11.4. The Morgan fingerprint density at radius 1 is 1.10 bits per heavy atom. The van der Waals surface area contributed by atoms with E-state index in [0.29, 0.717) is 11.1 Å². The number of para-hydroxylation sites is 1. The summed E-state index contributed by atoms with van der Waals surface area (Å²) in [6.07, 6.45) is 1.10. The van der Waals surface area contributed by atoms with E-state index in [-0.39, 0.29) is 15.6 Å². The lowest BCUT2D eigenvalue weighted by Gasteiger charge is -2.05. The van der Waals surface area contributed by atoms with Crippen LogP contribution in [0.2, 0.25) is 5.02 Å². The summed E-state index contributed by atoms with van der Waals surface area (Å²) in [6.45, 7) is 0. The monoisotopic (exact) mass is 311 g/mol. The van der Waals surface area contributed by atoms with Crippen LogP contribution in [0.25, 0.3) is 11.1 Å². The average molecular weight is 312 g/mol. The number of rotatable bonds is 3. The molecule has 0 bridgehead atoms. The number of benzene rings is 2. The first kappa shape index (κ1) is 14.5. The first-order chi connectivity index (χ1) is 9.30. The van der Waals surface area contributed by atoms with Gasteiger partial charge in [0.25, 0.3) is 5.69 Å². The molecule has 0 aliphatic rings. The molecule has 7 heteroatoms. The van der Waals surface area contributed by atoms with Crippen LogP contribution in [0.15, 0.2) is 47.4 Å². The Morgan fingerprint density at radius 3 is 2.20 bits per heavy atom. The van der Waals surface area contributed by atoms with Crippen LogP contribution in [0.1, 0.15) is 0 Å². The molecule has 0 fully saturated rings. The van der Waals surface area contributed by atoms with Crippen molar-refractivity contribution < 1.29 is 13.3 Å². The summed E-state index contributed by atoms with van der Waals surface area (Å²) in [6, 6.07) is 10.5. The van der Waals surface area contributed by atoms with Gasteiger partial charge in [0.05, 0.1) is 15.4 Å². The highest BCUT2D eigenvalue weighted by Gasteiger charge is 2.19. The smallest absolute Gasteiger partial charge is 0.258 e. The van der Waals surface area contributed by atoms with E-state index in [1.807, 2.05) is 0 Å². The summed E-state index contributed by atoms with van der Waals surface area (Å²) in [5.74, 6) is 0. The van der Waals surface area contributed by atoms with E-state index in [1.165, 1.54) is 30.3 Å². The van der Waals surface area contributed by atoms with Crippen molar-refractivity contribution in [2.24, 2.45) is 0 Å². The van der Waals surface area contributed by atoms with Crippen LogP contribution in [0.4, 0.5) is 5.69 Å². The van der Waals surface area contributed by atoms with Crippen LogP contribution in [0, 0.1) is 10.1 Å². The number of nitro benzene ring substituents is 1. The first-order valence-corrected chi connectivity index (χ1v) is 7.81. The highest BCUT2D eigenvalue weighted by atomic mass is 35.5. The number of halogens is 1. The lowest BCUT2D eigenvalue weighted by Crippen LogP contribution is -1.97. The molecule has 0 aromatic heterocycles. The number of sulfone groups is 1. The van der Waals surface area contributed by atoms with Crippen molar-refractivity contribution in [1.29, 1.82) is 0 Å². The van der Waals surface area contributed by atoms with Gasteiger partial charge in [-0.1, -0.05) is 29.8 Å². The molecule has 20 heavy (non-hydrogen) atoms. The zero-order chi connectivity index (χ0) is 14.9. The van der Waals surface area contributed by atoms with Crippen LogP contribution in [0.5, 0.6) is 0 Å². The zero-order valence-electron chi connectivity index (χ0n) is 10.4. The summed E-state index contributed by atoms with van der Waals surface area (Å²) in [5.41, 5.74) is 0.690. The van der Waals surface area contributed by atoms with Crippen molar-refractivity contribution in [3.63, 3.8) is 0 Å². The van der Waals surface area contributed by atoms with Gasteiger partial charge in [-0.05, 0) is 29.8 Å². The Bertz CT molecular complexity index is 769. The van der Waals surface area contributed by atoms with Crippen molar-refractivity contribution in [3.05, 3.63) is 57.6 Å². The molecule has 2 rings (SSSR count). The van der Waals surface area contributed by atoms with Gasteiger partial charge in [-0.25, -0.2) is 8.42 Å². The van der Waals surface area contributed by atoms with E-state index >= 15 is 0 Å². The molecule has 0 N–H and O–H groups in total. The SMILES string of the molecule is CS(=O)(=O)c1ccc(-c2cccc(Cl)c2[N+](=O)[O-])cc1. The maximum absolute atomic E-state index is 11.4. The minimum Gasteiger partial charge on any atom is -0.258 e. The van der Waals surface area contributed by atoms with Gasteiger partial charge >= 0.3 is 0 Å². The number of nitro groups is 1. The summed E-state index contributed by atoms with van der Waals surface area (Å²) in [5, 5.41) is 11.1. The van der Waals surface area contributed by atoms with Gasteiger partial charge in [0.15, 0.2) is 9.84 Å². The van der Waals surface area contributed by atoms with Gasteiger partial charge in [-0.15, -0.1) is 0 Å². The molecule has 104 valence electrons. The molecule has 0 spiro atoms. The fourth-order valence-electron chi connectivity index (χ4n) is 1.82. The minimum atomic E-state index is -3.30. The summed E-state index contributed by atoms with van der Waals surface area (Å²) < 4.78 is 22.8. The number of hydrogen-bond donors (Lipinski definition) is 0. The maximum Gasteiger partial charge on any atom is 0.295 e. The van der Waals surface area contributed by atoms with Crippen molar-refractivity contribution in [2.45, 2.75) is 4.90 Å². The second-order valence-electron chi connectivity index (χ2n) is 4.19. The van der Waals surface area contributed by atoms with E-state index in [9.17, 15) is 18.5 Å². The Kier molecular flexibility index (Phi) is 3.78. The zero-order valence-corrected chi connectivity index (χ0v) is 12.0. The fraction of sp³-hybridized carbons (Fsp3) is 0.0769. The second kappa shape index (κ2) is 5.22. The predicted molar refractivity (Wildman–Crippen MR) is 76.7 cm³/mol. The summed E-state index contributed by atoms with van der Waals surface area (Å²) >= 11 is 5.84. The lowest BCUT2D eigenvalue weighted by molar-refractivity contribution is -0.384. The molecule has 5 nitrogen and oxygen atoms in total. The van der Waals surface area contributed by atoms with Crippen molar-refractivity contribution in [3.8, 4) is 11.1 Å². The third-order valence-electron chi connectivity index (χ3n) is 2.76. The molecule has 0 saturated heterocycles. The van der Waals surface area contributed by atoms with Gasteiger partial charge in [-0.3, -0.25) is 10.1 Å². The highest BCUT2D eigenvalue weighted by Crippen LogP contribution is 2.35. The normalized spacial score (nSPS) is 11.3. The first-order valence-electron chi connectivity index (χ1n) is 5.54. The summed E-state index contributed by atoms with van der Waals surface area (Å²) in [7, 11) is -3.30. The van der Waals surface area contributed by atoms with Crippen LogP contribution in [-0.4, -0.2) is 19.6 Å². The van der Waals surface area contributed by atoms with E-state index < -0.39 is 14.8 Å². The van der Waals surface area contributed by atoms with E-state index in [1.54, 1.807) is 12.1 Å². The Labute approximate surface area is 120 Å². The third-order valence-corrected chi connectivity index (χ3v) is 4.20. The van der Waals surface area contributed by atoms with E-state index in [2.05, 4.69) is 0 Å².